The summed E-state index contributed by atoms with van der Waals surface area (Å²) < 4.78 is 6.06. The minimum absolute atomic E-state index is 0.253. The van der Waals surface area contributed by atoms with Crippen molar-refractivity contribution in [3.05, 3.63) is 18.0 Å². The predicted octanol–water partition coefficient (Wildman–Crippen LogP) is -0.0648. The molecule has 0 aromatic carbocycles. The number of aromatic nitrogens is 2. The summed E-state index contributed by atoms with van der Waals surface area (Å²) in [5.74, 6) is -0.758. The molecule has 0 atom stereocenters. The number of methoxy groups -OCH3 is 1. The van der Waals surface area contributed by atoms with Crippen LogP contribution in [0.2, 0.25) is 0 Å². The lowest BCUT2D eigenvalue weighted by Gasteiger charge is -2.00. The van der Waals surface area contributed by atoms with E-state index in [4.69, 9.17) is 5.73 Å². The standard InChI is InChI=1S/C9H13N3O3/c1-15-8(13)3-2-4-12-6-7(5-11-12)9(10)14/h5-6H,2-4H2,1H3,(H2,10,14). The zero-order valence-corrected chi connectivity index (χ0v) is 8.47. The van der Waals surface area contributed by atoms with Crippen LogP contribution >= 0.6 is 0 Å². The van der Waals surface area contributed by atoms with Gasteiger partial charge in [0.25, 0.3) is 5.91 Å². The second kappa shape index (κ2) is 5.14. The molecule has 6 nitrogen and oxygen atoms in total. The summed E-state index contributed by atoms with van der Waals surface area (Å²) in [5.41, 5.74) is 5.43. The first kappa shape index (κ1) is 11.2. The average molecular weight is 211 g/mol. The van der Waals surface area contributed by atoms with Gasteiger partial charge in [0.1, 0.15) is 0 Å². The second-order valence-corrected chi connectivity index (χ2v) is 3.04. The van der Waals surface area contributed by atoms with Crippen LogP contribution in [0.1, 0.15) is 23.2 Å². The van der Waals surface area contributed by atoms with E-state index in [1.807, 2.05) is 0 Å². The maximum atomic E-state index is 10.8. The van der Waals surface area contributed by atoms with E-state index >= 15 is 0 Å². The number of aryl methyl sites for hydroxylation is 1. The van der Waals surface area contributed by atoms with Gasteiger partial charge < -0.3 is 10.5 Å². The fourth-order valence-electron chi connectivity index (χ4n) is 1.10. The number of primary amides is 1. The van der Waals surface area contributed by atoms with Crippen molar-refractivity contribution in [3.63, 3.8) is 0 Å². The first-order chi connectivity index (χ1) is 7.13. The number of carbonyl (C=O) groups excluding carboxylic acids is 2. The van der Waals surface area contributed by atoms with Gasteiger partial charge in [0.05, 0.1) is 18.9 Å². The minimum Gasteiger partial charge on any atom is -0.469 e. The predicted molar refractivity (Wildman–Crippen MR) is 52.0 cm³/mol. The van der Waals surface area contributed by atoms with Crippen LogP contribution < -0.4 is 5.73 Å². The highest BCUT2D eigenvalue weighted by Crippen LogP contribution is 1.99. The van der Waals surface area contributed by atoms with Crippen molar-refractivity contribution < 1.29 is 14.3 Å². The van der Waals surface area contributed by atoms with E-state index in [1.54, 1.807) is 10.9 Å². The van der Waals surface area contributed by atoms with Gasteiger partial charge in [-0.05, 0) is 6.42 Å². The van der Waals surface area contributed by atoms with Crippen molar-refractivity contribution >= 4 is 11.9 Å². The van der Waals surface area contributed by atoms with Crippen LogP contribution in [0.4, 0.5) is 0 Å². The third-order valence-electron chi connectivity index (χ3n) is 1.91. The van der Waals surface area contributed by atoms with Gasteiger partial charge in [-0.3, -0.25) is 14.3 Å². The zero-order valence-electron chi connectivity index (χ0n) is 8.47. The number of nitrogens with zero attached hydrogens (tertiary/aromatic N) is 2. The van der Waals surface area contributed by atoms with Gasteiger partial charge in [0.2, 0.25) is 0 Å². The Morgan fingerprint density at radius 2 is 2.33 bits per heavy atom. The van der Waals surface area contributed by atoms with Gasteiger partial charge in [0.15, 0.2) is 0 Å². The van der Waals surface area contributed by atoms with E-state index in [0.29, 0.717) is 24.9 Å². The van der Waals surface area contributed by atoms with Crippen molar-refractivity contribution in [2.75, 3.05) is 7.11 Å². The van der Waals surface area contributed by atoms with E-state index in [1.165, 1.54) is 13.3 Å². The van der Waals surface area contributed by atoms with Crippen molar-refractivity contribution in [1.29, 1.82) is 0 Å². The average Bonchev–Trinajstić information content (AvgIpc) is 2.66. The van der Waals surface area contributed by atoms with E-state index in [0.717, 1.165) is 0 Å². The first-order valence-corrected chi connectivity index (χ1v) is 4.52. The summed E-state index contributed by atoms with van der Waals surface area (Å²) in [6, 6.07) is 0. The van der Waals surface area contributed by atoms with E-state index in [9.17, 15) is 9.59 Å². The summed E-state index contributed by atoms with van der Waals surface area (Å²) in [7, 11) is 1.35. The SMILES string of the molecule is COC(=O)CCCn1cc(C(N)=O)cn1. The smallest absolute Gasteiger partial charge is 0.305 e. The molecule has 0 bridgehead atoms. The van der Waals surface area contributed by atoms with Crippen molar-refractivity contribution in [2.24, 2.45) is 5.73 Å². The minimum atomic E-state index is -0.505. The number of nitrogens with two attached hydrogens (primary N) is 1. The molecular formula is C9H13N3O3. The fraction of sp³-hybridized carbons (Fsp3) is 0.444. The summed E-state index contributed by atoms with van der Waals surface area (Å²) in [4.78, 5) is 21.5. The number of amides is 1. The Kier molecular flexibility index (Phi) is 3.84. The van der Waals surface area contributed by atoms with Crippen LogP contribution in [-0.4, -0.2) is 28.8 Å². The summed E-state index contributed by atoms with van der Waals surface area (Å²) in [6.45, 7) is 0.558. The molecular weight excluding hydrogens is 198 g/mol. The molecule has 0 fully saturated rings. The maximum absolute atomic E-state index is 10.8. The lowest BCUT2D eigenvalue weighted by Crippen LogP contribution is -2.09. The lowest BCUT2D eigenvalue weighted by molar-refractivity contribution is -0.140. The molecule has 15 heavy (non-hydrogen) atoms. The molecule has 0 aliphatic carbocycles. The Morgan fingerprint density at radius 1 is 1.60 bits per heavy atom. The molecule has 0 aliphatic heterocycles. The molecule has 0 saturated heterocycles. The Bertz CT molecular complexity index is 359. The lowest BCUT2D eigenvalue weighted by atomic mass is 10.3. The van der Waals surface area contributed by atoms with Crippen molar-refractivity contribution in [1.82, 2.24) is 9.78 Å². The van der Waals surface area contributed by atoms with Crippen LogP contribution in [0.5, 0.6) is 0 Å². The molecule has 1 heterocycles. The molecule has 1 aromatic rings. The third-order valence-corrected chi connectivity index (χ3v) is 1.91. The first-order valence-electron chi connectivity index (χ1n) is 4.52. The fourth-order valence-corrected chi connectivity index (χ4v) is 1.10. The Balaban J connectivity index is 2.38. The van der Waals surface area contributed by atoms with Crippen LogP contribution in [0.3, 0.4) is 0 Å². The van der Waals surface area contributed by atoms with E-state index in [2.05, 4.69) is 9.84 Å². The van der Waals surface area contributed by atoms with E-state index < -0.39 is 5.91 Å². The molecule has 6 heteroatoms. The summed E-state index contributed by atoms with van der Waals surface area (Å²) in [6.07, 6.45) is 3.91. The monoisotopic (exact) mass is 211 g/mol. The van der Waals surface area contributed by atoms with Crippen LogP contribution in [0.25, 0.3) is 0 Å². The van der Waals surface area contributed by atoms with Crippen molar-refractivity contribution in [3.8, 4) is 0 Å². The highest BCUT2D eigenvalue weighted by atomic mass is 16.5. The number of esters is 1. The van der Waals surface area contributed by atoms with E-state index in [-0.39, 0.29) is 5.97 Å². The number of carbonyl (C=O) groups is 2. The Labute approximate surface area is 87.0 Å². The van der Waals surface area contributed by atoms with Gasteiger partial charge in [-0.2, -0.15) is 5.10 Å². The number of rotatable bonds is 5. The molecule has 1 aromatic heterocycles. The molecule has 0 aliphatic rings. The molecule has 1 amide bonds. The van der Waals surface area contributed by atoms with Gasteiger partial charge in [-0.25, -0.2) is 0 Å². The highest BCUT2D eigenvalue weighted by Gasteiger charge is 2.04. The maximum Gasteiger partial charge on any atom is 0.305 e. The Hall–Kier alpha value is -1.85. The van der Waals surface area contributed by atoms with Gasteiger partial charge in [-0.1, -0.05) is 0 Å². The van der Waals surface area contributed by atoms with Crippen molar-refractivity contribution in [2.45, 2.75) is 19.4 Å². The number of hydrogen-bond donors (Lipinski definition) is 1. The summed E-state index contributed by atoms with van der Waals surface area (Å²) in [5, 5.41) is 3.92. The summed E-state index contributed by atoms with van der Waals surface area (Å²) >= 11 is 0. The third kappa shape index (κ3) is 3.41. The molecule has 0 unspecified atom stereocenters. The molecule has 1 rings (SSSR count). The molecule has 0 saturated carbocycles. The number of ether oxygens (including phenoxy) is 1. The Morgan fingerprint density at radius 3 is 2.87 bits per heavy atom. The van der Waals surface area contributed by atoms with Gasteiger partial charge in [0, 0.05) is 19.2 Å². The highest BCUT2D eigenvalue weighted by molar-refractivity contribution is 5.92. The van der Waals surface area contributed by atoms with Crippen LogP contribution in [0.15, 0.2) is 12.4 Å². The van der Waals surface area contributed by atoms with Crippen LogP contribution in [0, 0.1) is 0 Å². The molecule has 2 N–H and O–H groups in total. The zero-order chi connectivity index (χ0) is 11.3. The van der Waals surface area contributed by atoms with Crippen LogP contribution in [-0.2, 0) is 16.1 Å². The normalized spacial score (nSPS) is 9.93. The van der Waals surface area contributed by atoms with Gasteiger partial charge >= 0.3 is 5.97 Å². The largest absolute Gasteiger partial charge is 0.469 e. The van der Waals surface area contributed by atoms with Gasteiger partial charge in [-0.15, -0.1) is 0 Å². The molecule has 0 radical (unpaired) electrons. The topological polar surface area (TPSA) is 87.2 Å². The molecule has 82 valence electrons. The number of hydrogen-bond acceptors (Lipinski definition) is 4. The second-order valence-electron chi connectivity index (χ2n) is 3.04. The molecule has 0 spiro atoms. The quantitative estimate of drug-likeness (QED) is 0.691.